The molecule has 5 N–H and O–H groups in total. The van der Waals surface area contributed by atoms with Crippen molar-refractivity contribution in [1.29, 1.82) is 0 Å². The number of phosphoric ester groups is 1. The lowest BCUT2D eigenvalue weighted by atomic mass is 10.0. The van der Waals surface area contributed by atoms with Crippen molar-refractivity contribution in [3.8, 4) is 0 Å². The van der Waals surface area contributed by atoms with Gasteiger partial charge in [-0.05, 0) is 31.0 Å². The Morgan fingerprint density at radius 2 is 1.26 bits per heavy atom. The third-order valence-electron chi connectivity index (χ3n) is 11.9. The molecule has 396 valence electrons. The van der Waals surface area contributed by atoms with Crippen LogP contribution in [-0.4, -0.2) is 78.3 Å². The Morgan fingerprint density at radius 1 is 0.809 bits per heavy atom. The quantitative estimate of drug-likeness (QED) is 0.0102. The predicted octanol–water partition coefficient (Wildman–Crippen LogP) is 12.4. The normalized spacial score (nSPS) is 17.2. The summed E-state index contributed by atoms with van der Waals surface area (Å²) in [5.74, 6) is 1.69. The molecule has 21 heteroatoms. The first-order chi connectivity index (χ1) is 32.7. The molecule has 1 aromatic heterocycles. The van der Waals surface area contributed by atoms with Gasteiger partial charge in [0.2, 0.25) is 0 Å². The molecule has 1 aliphatic rings. The third-order valence-corrected chi connectivity index (χ3v) is 15.2. The number of aryl methyl sites for hydroxylation is 1. The van der Waals surface area contributed by atoms with Crippen molar-refractivity contribution in [1.82, 2.24) is 9.55 Å². The Bertz CT molecular complexity index is 1710. The molecule has 0 radical (unpaired) electrons. The number of rotatable bonds is 42. The Balaban J connectivity index is 0.000000736. The Morgan fingerprint density at radius 3 is 1.71 bits per heavy atom. The first-order valence-corrected chi connectivity index (χ1v) is 30.0. The Labute approximate surface area is 410 Å². The fraction of sp³-hybridized carbons (Fsp3) is 0.894. The molecule has 0 amide bonds. The average molecular weight is 1030 g/mol. The summed E-state index contributed by atoms with van der Waals surface area (Å²) in [6.07, 6.45) is 38.6. The van der Waals surface area contributed by atoms with Crippen LogP contribution in [0.15, 0.2) is 20.9 Å². The highest BCUT2D eigenvalue weighted by molar-refractivity contribution is 7.99. The molecule has 18 nitrogen and oxygen atoms in total. The van der Waals surface area contributed by atoms with Gasteiger partial charge in [-0.2, -0.15) is 16.1 Å². The van der Waals surface area contributed by atoms with E-state index in [-0.39, 0.29) is 30.7 Å². The maximum atomic E-state index is 12.2. The molecule has 0 spiro atoms. The van der Waals surface area contributed by atoms with Gasteiger partial charge in [0, 0.05) is 35.3 Å². The summed E-state index contributed by atoms with van der Waals surface area (Å²) in [6.45, 7) is 5.23. The van der Waals surface area contributed by atoms with Crippen LogP contribution >= 0.6 is 27.4 Å². The summed E-state index contributed by atoms with van der Waals surface area (Å²) in [5, 5.41) is 13.1. The number of ether oxygens (including phenoxy) is 2. The fourth-order valence-corrected chi connectivity index (χ4v) is 10.6. The molecule has 2 unspecified atom stereocenters. The molecule has 68 heavy (non-hydrogen) atoms. The molecule has 2 heterocycles. The van der Waals surface area contributed by atoms with Crippen molar-refractivity contribution in [3.63, 3.8) is 0 Å². The number of carbonyl (C=O) groups is 1. The molecular formula is C47H89N5O13P2S. The van der Waals surface area contributed by atoms with E-state index in [1.807, 2.05) is 11.8 Å². The van der Waals surface area contributed by atoms with E-state index >= 15 is 0 Å². The topological polar surface area (TPSA) is 273 Å². The van der Waals surface area contributed by atoms with Gasteiger partial charge in [0.15, 0.2) is 0 Å². The van der Waals surface area contributed by atoms with Gasteiger partial charge < -0.3 is 29.3 Å². The summed E-state index contributed by atoms with van der Waals surface area (Å²) >= 11 is 1.82. The number of nitrogens with zero attached hydrogens (tertiary/aromatic N) is 4. The fourth-order valence-electron chi connectivity index (χ4n) is 7.97. The van der Waals surface area contributed by atoms with Gasteiger partial charge in [-0.15, -0.1) is 0 Å². The Kier molecular flexibility index (Phi) is 38.2. The zero-order chi connectivity index (χ0) is 50.3. The van der Waals surface area contributed by atoms with Crippen LogP contribution < -0.4 is 11.2 Å². The van der Waals surface area contributed by atoms with Crippen molar-refractivity contribution < 1.29 is 52.0 Å². The minimum atomic E-state index is -5.29. The Hall–Kier alpha value is -2.01. The van der Waals surface area contributed by atoms with Gasteiger partial charge in [-0.3, -0.25) is 23.7 Å². The van der Waals surface area contributed by atoms with Crippen LogP contribution in [0.3, 0.4) is 0 Å². The van der Waals surface area contributed by atoms with E-state index in [0.29, 0.717) is 6.42 Å². The smallest absolute Gasteiger partial charge is 0.459 e. The number of thioether (sulfide) groups is 1. The summed E-state index contributed by atoms with van der Waals surface area (Å²) in [4.78, 5) is 66.6. The van der Waals surface area contributed by atoms with E-state index in [1.165, 1.54) is 186 Å². The van der Waals surface area contributed by atoms with E-state index < -0.39 is 51.9 Å². The van der Waals surface area contributed by atoms with Crippen LogP contribution in [-0.2, 0) is 32.2 Å². The van der Waals surface area contributed by atoms with E-state index in [9.17, 15) is 33.5 Å². The summed E-state index contributed by atoms with van der Waals surface area (Å²) in [5.41, 5.74) is 7.48. The zero-order valence-electron chi connectivity index (χ0n) is 41.7. The number of hydrogen-bond donors (Lipinski definition) is 5. The monoisotopic (exact) mass is 1030 g/mol. The molecule has 0 aromatic carbocycles. The highest BCUT2D eigenvalue weighted by Gasteiger charge is 2.40. The summed E-state index contributed by atoms with van der Waals surface area (Å²) in [7, 11) is -10.4. The molecule has 1 saturated heterocycles. The predicted molar refractivity (Wildman–Crippen MR) is 271 cm³/mol. The minimum Gasteiger partial charge on any atom is -0.459 e. The van der Waals surface area contributed by atoms with E-state index in [4.69, 9.17) is 24.8 Å². The molecule has 0 aliphatic carbocycles. The highest BCUT2D eigenvalue weighted by atomic mass is 32.2. The van der Waals surface area contributed by atoms with Crippen LogP contribution in [0.2, 0.25) is 0 Å². The van der Waals surface area contributed by atoms with Crippen molar-refractivity contribution in [2.24, 2.45) is 5.11 Å². The number of carbonyl (C=O) groups excluding carboxylic acids is 1. The van der Waals surface area contributed by atoms with E-state index in [0.717, 1.165) is 28.9 Å². The van der Waals surface area contributed by atoms with Gasteiger partial charge >= 0.3 is 27.3 Å². The zero-order valence-corrected chi connectivity index (χ0v) is 44.3. The number of aliphatic hydroxyl groups excluding tert-OH is 1. The first-order valence-electron chi connectivity index (χ1n) is 25.8. The maximum Gasteiger partial charge on any atom is 0.481 e. The van der Waals surface area contributed by atoms with Crippen molar-refractivity contribution in [2.45, 2.75) is 244 Å². The molecule has 1 fully saturated rings. The summed E-state index contributed by atoms with van der Waals surface area (Å²) in [6, 6.07) is -0.936. The second-order valence-corrected chi connectivity index (χ2v) is 22.1. The SMILES string of the molecule is CCCCCCCCCCCCCCCCCCSCC(CO)OC(=O)CCCCCCCCCCCCCCC.Cc1cn([C@H]2C[C@H](N=[N+]=[N-])[C@@H](COP(=O)(O)OP(=O)(O)O)O2)c(=O)[nH]c1=O. The molecule has 2 rings (SSSR count). The number of unbranched alkanes of at least 4 members (excludes halogenated alkanes) is 27. The second-order valence-electron chi connectivity index (χ2n) is 18.1. The van der Waals surface area contributed by atoms with Gasteiger partial charge in [0.25, 0.3) is 5.56 Å². The number of azide groups is 1. The molecular weight excluding hydrogens is 937 g/mol. The number of H-pyrrole nitrogens is 1. The number of phosphoric acid groups is 2. The lowest BCUT2D eigenvalue weighted by molar-refractivity contribution is -0.149. The maximum absolute atomic E-state index is 12.2. The molecule has 1 aliphatic heterocycles. The molecule has 0 bridgehead atoms. The number of hydrogen-bond acceptors (Lipinski definition) is 12. The molecule has 5 atom stereocenters. The number of aromatic amines is 1. The lowest BCUT2D eigenvalue weighted by Crippen LogP contribution is -2.33. The number of aromatic nitrogens is 2. The van der Waals surface area contributed by atoms with Crippen LogP contribution in [0.25, 0.3) is 10.4 Å². The van der Waals surface area contributed by atoms with E-state index in [2.05, 4.69) is 37.7 Å². The van der Waals surface area contributed by atoms with Gasteiger partial charge in [0.1, 0.15) is 12.3 Å². The molecule has 0 saturated carbocycles. The van der Waals surface area contributed by atoms with Gasteiger partial charge in [0.05, 0.1) is 25.4 Å². The second kappa shape index (κ2) is 40.6. The third kappa shape index (κ3) is 34.3. The van der Waals surface area contributed by atoms with Gasteiger partial charge in [-0.1, -0.05) is 192 Å². The van der Waals surface area contributed by atoms with Crippen LogP contribution in [0, 0.1) is 6.92 Å². The standard InChI is InChI=1S/C37H74O3S.C10H15N5O10P2/c1-3-5-7-9-11-13-15-17-18-19-21-23-25-27-29-31-33-41-35-36(34-38)40-37(39)32-30-28-26-24-22-20-16-14-12-10-8-6-4-2;1-5-3-15(10(17)12-9(5)16)8-2-6(13-14-11)7(24-8)4-23-27(21,22)25-26(18,19)20/h36,38H,3-35H2,1-2H3;3,6-8H,2,4H2,1H3,(H,21,22)(H,12,16,17)(H2,18,19,20)/t;6-,7+,8+/m.0/s1. The van der Waals surface area contributed by atoms with E-state index in [1.54, 1.807) is 0 Å². The minimum absolute atomic E-state index is 0.0292. The van der Waals surface area contributed by atoms with Crippen LogP contribution in [0.1, 0.15) is 225 Å². The number of aliphatic hydroxyl groups is 1. The van der Waals surface area contributed by atoms with Crippen molar-refractivity contribution >= 4 is 33.4 Å². The van der Waals surface area contributed by atoms with Gasteiger partial charge in [-0.25, -0.2) is 13.9 Å². The van der Waals surface area contributed by atoms with Crippen molar-refractivity contribution in [2.75, 3.05) is 24.7 Å². The average Bonchev–Trinajstić information content (AvgIpc) is 3.69. The largest absolute Gasteiger partial charge is 0.481 e. The first kappa shape index (κ1) is 64.0. The number of esters is 1. The highest BCUT2D eigenvalue weighted by Crippen LogP contribution is 2.57. The van der Waals surface area contributed by atoms with Crippen molar-refractivity contribution in [3.05, 3.63) is 43.0 Å². The molecule has 1 aromatic rings. The van der Waals surface area contributed by atoms with Crippen LogP contribution in [0.4, 0.5) is 0 Å². The lowest BCUT2D eigenvalue weighted by Gasteiger charge is -2.18. The number of nitrogens with one attached hydrogen (secondary N) is 1. The summed E-state index contributed by atoms with van der Waals surface area (Å²) < 4.78 is 42.3. The van der Waals surface area contributed by atoms with Crippen LogP contribution in [0.5, 0.6) is 0 Å².